The first kappa shape index (κ1) is 10.4. The molecule has 0 unspecified atom stereocenters. The van der Waals surface area contributed by atoms with Crippen molar-refractivity contribution in [1.29, 1.82) is 5.41 Å². The highest BCUT2D eigenvalue weighted by Gasteiger charge is 2.17. The van der Waals surface area contributed by atoms with Gasteiger partial charge in [-0.25, -0.2) is 9.97 Å². The van der Waals surface area contributed by atoms with Gasteiger partial charge in [-0.2, -0.15) is 0 Å². The van der Waals surface area contributed by atoms with Crippen molar-refractivity contribution < 1.29 is 0 Å². The van der Waals surface area contributed by atoms with Crippen LogP contribution in [0.5, 0.6) is 0 Å². The van der Waals surface area contributed by atoms with Crippen LogP contribution in [0.15, 0.2) is 6.33 Å². The van der Waals surface area contributed by atoms with Gasteiger partial charge >= 0.3 is 0 Å². The maximum absolute atomic E-state index is 7.27. The zero-order valence-electron chi connectivity index (χ0n) is 8.33. The number of halogens is 1. The Morgan fingerprint density at radius 3 is 2.80 bits per heavy atom. The third-order valence-corrected chi connectivity index (χ3v) is 2.98. The molecule has 1 aliphatic rings. The lowest BCUT2D eigenvalue weighted by Crippen LogP contribution is -2.17. The van der Waals surface area contributed by atoms with Crippen molar-refractivity contribution in [2.24, 2.45) is 0 Å². The average Bonchev–Trinajstić information content (AvgIpc) is 2.71. The van der Waals surface area contributed by atoms with E-state index in [-0.39, 0.29) is 0 Å². The first-order chi connectivity index (χ1) is 7.31. The minimum Gasteiger partial charge on any atom is -0.367 e. The molecule has 1 aliphatic carbocycles. The normalized spacial score (nSPS) is 16.6. The van der Waals surface area contributed by atoms with Gasteiger partial charge in [0.1, 0.15) is 17.3 Å². The van der Waals surface area contributed by atoms with Gasteiger partial charge in [-0.3, -0.25) is 0 Å². The largest absolute Gasteiger partial charge is 0.367 e. The Hall–Kier alpha value is -1.16. The predicted octanol–water partition coefficient (Wildman–Crippen LogP) is 2.48. The monoisotopic (exact) mass is 224 g/mol. The highest BCUT2D eigenvalue weighted by Crippen LogP contribution is 2.24. The summed E-state index contributed by atoms with van der Waals surface area (Å²) in [6, 6.07) is 0.467. The Kier molecular flexibility index (Phi) is 3.16. The highest BCUT2D eigenvalue weighted by atomic mass is 35.5. The lowest BCUT2D eigenvalue weighted by Gasteiger charge is -2.14. The van der Waals surface area contributed by atoms with E-state index in [4.69, 9.17) is 17.0 Å². The molecule has 1 aromatic rings. The maximum atomic E-state index is 7.27. The molecule has 0 bridgehead atoms. The molecule has 0 aromatic carbocycles. The van der Waals surface area contributed by atoms with Gasteiger partial charge in [0.15, 0.2) is 0 Å². The topological polar surface area (TPSA) is 61.7 Å². The lowest BCUT2D eigenvalue weighted by atomic mass is 10.2. The summed E-state index contributed by atoms with van der Waals surface area (Å²) in [6.45, 7) is 0. The molecule has 2 rings (SSSR count). The van der Waals surface area contributed by atoms with Crippen molar-refractivity contribution in [3.8, 4) is 0 Å². The molecule has 0 amide bonds. The third-order valence-electron chi connectivity index (χ3n) is 2.68. The lowest BCUT2D eigenvalue weighted by molar-refractivity contribution is 0.749. The summed E-state index contributed by atoms with van der Waals surface area (Å²) < 4.78 is 0. The van der Waals surface area contributed by atoms with Crippen molar-refractivity contribution in [2.45, 2.75) is 31.7 Å². The van der Waals surface area contributed by atoms with Crippen LogP contribution in [0.2, 0.25) is 5.15 Å². The molecular formula is C10H13ClN4. The molecule has 1 heterocycles. The smallest absolute Gasteiger partial charge is 0.143 e. The van der Waals surface area contributed by atoms with Crippen LogP contribution in [0.4, 0.5) is 5.82 Å². The van der Waals surface area contributed by atoms with Crippen LogP contribution in [0.25, 0.3) is 0 Å². The van der Waals surface area contributed by atoms with Crippen molar-refractivity contribution in [3.63, 3.8) is 0 Å². The molecule has 1 fully saturated rings. The van der Waals surface area contributed by atoms with E-state index in [0.717, 1.165) is 0 Å². The van der Waals surface area contributed by atoms with E-state index in [0.29, 0.717) is 22.6 Å². The zero-order valence-corrected chi connectivity index (χ0v) is 9.09. The van der Waals surface area contributed by atoms with Crippen molar-refractivity contribution in [2.75, 3.05) is 5.32 Å². The van der Waals surface area contributed by atoms with Crippen LogP contribution in [0.1, 0.15) is 31.2 Å². The van der Waals surface area contributed by atoms with E-state index < -0.39 is 0 Å². The Bertz CT molecular complexity index is 360. The molecule has 0 atom stereocenters. The minimum absolute atomic E-state index is 0.334. The second-order valence-electron chi connectivity index (χ2n) is 3.70. The maximum Gasteiger partial charge on any atom is 0.143 e. The van der Waals surface area contributed by atoms with Crippen LogP contribution in [-0.4, -0.2) is 22.2 Å². The Balaban J connectivity index is 2.19. The van der Waals surface area contributed by atoms with Crippen LogP contribution in [0.3, 0.4) is 0 Å². The summed E-state index contributed by atoms with van der Waals surface area (Å²) in [5, 5.41) is 10.9. The number of aromatic nitrogens is 2. The van der Waals surface area contributed by atoms with Crippen LogP contribution >= 0.6 is 11.6 Å². The number of hydrogen-bond acceptors (Lipinski definition) is 4. The molecule has 0 saturated heterocycles. The van der Waals surface area contributed by atoms with Gasteiger partial charge in [0.25, 0.3) is 0 Å². The molecule has 80 valence electrons. The molecular weight excluding hydrogens is 212 g/mol. The molecule has 4 nitrogen and oxygen atoms in total. The van der Waals surface area contributed by atoms with E-state index in [1.165, 1.54) is 38.2 Å². The molecule has 1 aromatic heterocycles. The predicted molar refractivity (Wildman–Crippen MR) is 60.8 cm³/mol. The van der Waals surface area contributed by atoms with Crippen molar-refractivity contribution in [3.05, 3.63) is 17.0 Å². The van der Waals surface area contributed by atoms with Gasteiger partial charge in [-0.15, -0.1) is 0 Å². The zero-order chi connectivity index (χ0) is 10.7. The molecule has 15 heavy (non-hydrogen) atoms. The summed E-state index contributed by atoms with van der Waals surface area (Å²) in [7, 11) is 0. The van der Waals surface area contributed by atoms with Gasteiger partial charge in [-0.1, -0.05) is 24.4 Å². The van der Waals surface area contributed by atoms with Crippen molar-refractivity contribution >= 4 is 23.6 Å². The average molecular weight is 225 g/mol. The van der Waals surface area contributed by atoms with E-state index in [2.05, 4.69) is 15.3 Å². The molecule has 5 heteroatoms. The van der Waals surface area contributed by atoms with E-state index in [9.17, 15) is 0 Å². The van der Waals surface area contributed by atoms with Gasteiger partial charge in [0, 0.05) is 12.3 Å². The quantitative estimate of drug-likeness (QED) is 0.613. The van der Waals surface area contributed by atoms with Crippen LogP contribution in [0, 0.1) is 5.41 Å². The Labute approximate surface area is 93.6 Å². The fraction of sp³-hybridized carbons (Fsp3) is 0.500. The number of rotatable bonds is 3. The Morgan fingerprint density at radius 2 is 2.13 bits per heavy atom. The Morgan fingerprint density at radius 1 is 1.40 bits per heavy atom. The van der Waals surface area contributed by atoms with E-state index in [1.807, 2.05) is 0 Å². The number of hydrogen-bond donors (Lipinski definition) is 2. The first-order valence-electron chi connectivity index (χ1n) is 5.09. The SMILES string of the molecule is N=Cc1c(Cl)ncnc1NC1CCCC1. The second kappa shape index (κ2) is 4.57. The first-order valence-corrected chi connectivity index (χ1v) is 5.46. The van der Waals surface area contributed by atoms with Crippen molar-refractivity contribution in [1.82, 2.24) is 9.97 Å². The highest BCUT2D eigenvalue weighted by molar-refractivity contribution is 6.32. The molecule has 0 aliphatic heterocycles. The standard InChI is InChI=1S/C10H13ClN4/c11-9-8(5-12)10(14-6-13-9)15-7-3-1-2-4-7/h5-7,12H,1-4H2,(H,13,14,15). The van der Waals surface area contributed by atoms with E-state index >= 15 is 0 Å². The van der Waals surface area contributed by atoms with Gasteiger partial charge in [0.2, 0.25) is 0 Å². The number of nitrogens with zero attached hydrogens (tertiary/aromatic N) is 2. The van der Waals surface area contributed by atoms with Crippen LogP contribution in [-0.2, 0) is 0 Å². The molecule has 0 spiro atoms. The minimum atomic E-state index is 0.334. The van der Waals surface area contributed by atoms with Gasteiger partial charge < -0.3 is 10.7 Å². The molecule has 0 radical (unpaired) electrons. The fourth-order valence-corrected chi connectivity index (χ4v) is 2.07. The number of anilines is 1. The summed E-state index contributed by atoms with van der Waals surface area (Å²) in [5.74, 6) is 0.678. The summed E-state index contributed by atoms with van der Waals surface area (Å²) >= 11 is 5.87. The summed E-state index contributed by atoms with van der Waals surface area (Å²) in [5.41, 5.74) is 0.575. The third kappa shape index (κ3) is 2.26. The van der Waals surface area contributed by atoms with Crippen LogP contribution < -0.4 is 5.32 Å². The van der Waals surface area contributed by atoms with E-state index in [1.54, 1.807) is 0 Å². The number of nitrogens with one attached hydrogen (secondary N) is 2. The fourth-order valence-electron chi connectivity index (χ4n) is 1.88. The van der Waals surface area contributed by atoms with Gasteiger partial charge in [-0.05, 0) is 12.8 Å². The molecule has 2 N–H and O–H groups in total. The summed E-state index contributed by atoms with van der Waals surface area (Å²) in [6.07, 6.45) is 7.47. The second-order valence-corrected chi connectivity index (χ2v) is 4.05. The van der Waals surface area contributed by atoms with Gasteiger partial charge in [0.05, 0.1) is 5.56 Å². The summed E-state index contributed by atoms with van der Waals surface area (Å²) in [4.78, 5) is 7.96. The molecule has 1 saturated carbocycles.